The summed E-state index contributed by atoms with van der Waals surface area (Å²) in [6, 6.07) is 0. The van der Waals surface area contributed by atoms with Crippen LogP contribution in [0.5, 0.6) is 0 Å². The van der Waals surface area contributed by atoms with Crippen LogP contribution in [0.2, 0.25) is 0 Å². The van der Waals surface area contributed by atoms with Crippen LogP contribution < -0.4 is 10.6 Å². The molecule has 0 radical (unpaired) electrons. The third kappa shape index (κ3) is 6.80. The van der Waals surface area contributed by atoms with Crippen LogP contribution in [-0.2, 0) is 9.53 Å². The Labute approximate surface area is 99.1 Å². The first-order chi connectivity index (χ1) is 7.40. The lowest BCUT2D eigenvalue weighted by Gasteiger charge is -2.24. The Kier molecular flexibility index (Phi) is 7.34. The summed E-state index contributed by atoms with van der Waals surface area (Å²) >= 11 is 0. The molecule has 0 aliphatic carbocycles. The quantitative estimate of drug-likeness (QED) is 0.615. The zero-order valence-electron chi connectivity index (χ0n) is 11.2. The van der Waals surface area contributed by atoms with Gasteiger partial charge in [-0.05, 0) is 26.3 Å². The third-order valence-corrected chi connectivity index (χ3v) is 2.17. The number of ether oxygens (including phenoxy) is 1. The highest BCUT2D eigenvalue weighted by Crippen LogP contribution is 2.00. The fourth-order valence-corrected chi connectivity index (χ4v) is 1.30. The lowest BCUT2D eigenvalue weighted by molar-refractivity contribution is -0.126. The number of carbonyl (C=O) groups is 1. The Hall–Kier alpha value is -0.610. The van der Waals surface area contributed by atoms with Crippen LogP contribution in [0.1, 0.15) is 34.6 Å². The van der Waals surface area contributed by atoms with Crippen molar-refractivity contribution in [1.29, 1.82) is 0 Å². The molecule has 0 atom stereocenters. The average Bonchev–Trinajstić information content (AvgIpc) is 2.16. The zero-order valence-corrected chi connectivity index (χ0v) is 11.2. The maximum absolute atomic E-state index is 11.7. The van der Waals surface area contributed by atoms with Gasteiger partial charge in [0, 0.05) is 13.2 Å². The van der Waals surface area contributed by atoms with Gasteiger partial charge in [-0.3, -0.25) is 4.79 Å². The van der Waals surface area contributed by atoms with E-state index < -0.39 is 5.54 Å². The molecule has 0 aromatic heterocycles. The minimum atomic E-state index is -0.507. The van der Waals surface area contributed by atoms with Crippen molar-refractivity contribution in [3.05, 3.63) is 0 Å². The summed E-state index contributed by atoms with van der Waals surface area (Å²) < 4.78 is 5.38. The van der Waals surface area contributed by atoms with Crippen molar-refractivity contribution in [2.75, 3.05) is 26.3 Å². The van der Waals surface area contributed by atoms with E-state index in [1.54, 1.807) is 0 Å². The molecule has 0 aliphatic rings. The maximum Gasteiger partial charge on any atom is 0.239 e. The number of likely N-dealkylation sites (N-methyl/N-ethyl adjacent to an activating group) is 1. The van der Waals surface area contributed by atoms with E-state index in [-0.39, 0.29) is 5.91 Å². The number of nitrogens with one attached hydrogen (secondary N) is 2. The molecule has 0 rings (SSSR count). The molecule has 2 N–H and O–H groups in total. The SMILES string of the molecule is CCNC(C)(C)C(=O)NCCOCC(C)C. The lowest BCUT2D eigenvalue weighted by Crippen LogP contribution is -2.53. The minimum absolute atomic E-state index is 0.0162. The van der Waals surface area contributed by atoms with Crippen molar-refractivity contribution < 1.29 is 9.53 Å². The molecule has 0 aromatic rings. The van der Waals surface area contributed by atoms with Crippen molar-refractivity contribution >= 4 is 5.91 Å². The van der Waals surface area contributed by atoms with Gasteiger partial charge < -0.3 is 15.4 Å². The fourth-order valence-electron chi connectivity index (χ4n) is 1.30. The molecule has 96 valence electrons. The van der Waals surface area contributed by atoms with Crippen LogP contribution in [0.25, 0.3) is 0 Å². The second-order valence-electron chi connectivity index (χ2n) is 4.88. The van der Waals surface area contributed by atoms with Gasteiger partial charge in [-0.15, -0.1) is 0 Å². The summed E-state index contributed by atoms with van der Waals surface area (Å²) in [5.41, 5.74) is -0.507. The molecule has 4 heteroatoms. The second kappa shape index (κ2) is 7.63. The largest absolute Gasteiger partial charge is 0.379 e. The fraction of sp³-hybridized carbons (Fsp3) is 0.917. The summed E-state index contributed by atoms with van der Waals surface area (Å²) in [6.45, 7) is 12.6. The number of hydrogen-bond donors (Lipinski definition) is 2. The predicted octanol–water partition coefficient (Wildman–Crippen LogP) is 1.16. The van der Waals surface area contributed by atoms with E-state index in [0.717, 1.165) is 13.2 Å². The predicted molar refractivity (Wildman–Crippen MR) is 66.4 cm³/mol. The van der Waals surface area contributed by atoms with Crippen LogP contribution in [0, 0.1) is 5.92 Å². The molecule has 0 aromatic carbocycles. The van der Waals surface area contributed by atoms with Gasteiger partial charge in [0.2, 0.25) is 5.91 Å². The van der Waals surface area contributed by atoms with Crippen molar-refractivity contribution in [1.82, 2.24) is 10.6 Å². The Morgan fingerprint density at radius 3 is 2.50 bits per heavy atom. The molecular weight excluding hydrogens is 204 g/mol. The third-order valence-electron chi connectivity index (χ3n) is 2.17. The first kappa shape index (κ1) is 15.4. The first-order valence-corrected chi connectivity index (χ1v) is 6.01. The topological polar surface area (TPSA) is 50.4 Å². The molecule has 1 amide bonds. The van der Waals surface area contributed by atoms with Gasteiger partial charge in [0.05, 0.1) is 12.1 Å². The second-order valence-corrected chi connectivity index (χ2v) is 4.88. The summed E-state index contributed by atoms with van der Waals surface area (Å²) in [5, 5.41) is 5.98. The summed E-state index contributed by atoms with van der Waals surface area (Å²) in [6.07, 6.45) is 0. The van der Waals surface area contributed by atoms with Gasteiger partial charge in [-0.1, -0.05) is 20.8 Å². The summed E-state index contributed by atoms with van der Waals surface area (Å²) in [4.78, 5) is 11.7. The molecular formula is C12H26N2O2. The van der Waals surface area contributed by atoms with Crippen LogP contribution >= 0.6 is 0 Å². The van der Waals surface area contributed by atoms with Crippen molar-refractivity contribution in [2.24, 2.45) is 5.92 Å². The maximum atomic E-state index is 11.7. The van der Waals surface area contributed by atoms with E-state index in [0.29, 0.717) is 19.1 Å². The van der Waals surface area contributed by atoms with Gasteiger partial charge >= 0.3 is 0 Å². The van der Waals surface area contributed by atoms with Gasteiger partial charge in [0.25, 0.3) is 0 Å². The average molecular weight is 230 g/mol. The number of amides is 1. The first-order valence-electron chi connectivity index (χ1n) is 6.01. The van der Waals surface area contributed by atoms with E-state index in [1.807, 2.05) is 20.8 Å². The highest BCUT2D eigenvalue weighted by atomic mass is 16.5. The Morgan fingerprint density at radius 2 is 2.00 bits per heavy atom. The Balaban J connectivity index is 3.65. The van der Waals surface area contributed by atoms with Crippen LogP contribution in [0.15, 0.2) is 0 Å². The van der Waals surface area contributed by atoms with Crippen LogP contribution in [0.4, 0.5) is 0 Å². The highest BCUT2D eigenvalue weighted by Gasteiger charge is 2.25. The van der Waals surface area contributed by atoms with Gasteiger partial charge in [0.1, 0.15) is 0 Å². The molecule has 16 heavy (non-hydrogen) atoms. The molecule has 0 fully saturated rings. The van der Waals surface area contributed by atoms with Crippen molar-refractivity contribution in [3.8, 4) is 0 Å². The van der Waals surface area contributed by atoms with Gasteiger partial charge in [-0.25, -0.2) is 0 Å². The monoisotopic (exact) mass is 230 g/mol. The van der Waals surface area contributed by atoms with Crippen LogP contribution in [-0.4, -0.2) is 37.7 Å². The zero-order chi connectivity index (χ0) is 12.6. The smallest absolute Gasteiger partial charge is 0.239 e. The van der Waals surface area contributed by atoms with Gasteiger partial charge in [0.15, 0.2) is 0 Å². The van der Waals surface area contributed by atoms with Crippen LogP contribution in [0.3, 0.4) is 0 Å². The van der Waals surface area contributed by atoms with E-state index in [2.05, 4.69) is 24.5 Å². The highest BCUT2D eigenvalue weighted by molar-refractivity contribution is 5.85. The van der Waals surface area contributed by atoms with E-state index >= 15 is 0 Å². The number of hydrogen-bond acceptors (Lipinski definition) is 3. The molecule has 0 heterocycles. The minimum Gasteiger partial charge on any atom is -0.379 e. The molecule has 0 spiro atoms. The molecule has 0 saturated carbocycles. The summed E-state index contributed by atoms with van der Waals surface area (Å²) in [7, 11) is 0. The van der Waals surface area contributed by atoms with E-state index in [4.69, 9.17) is 4.74 Å². The molecule has 0 aliphatic heterocycles. The van der Waals surface area contributed by atoms with Crippen molar-refractivity contribution in [3.63, 3.8) is 0 Å². The molecule has 4 nitrogen and oxygen atoms in total. The molecule has 0 unspecified atom stereocenters. The van der Waals surface area contributed by atoms with E-state index in [9.17, 15) is 4.79 Å². The number of rotatable bonds is 8. The normalized spacial score (nSPS) is 11.9. The lowest BCUT2D eigenvalue weighted by atomic mass is 10.1. The molecule has 0 bridgehead atoms. The summed E-state index contributed by atoms with van der Waals surface area (Å²) in [5.74, 6) is 0.552. The van der Waals surface area contributed by atoms with Gasteiger partial charge in [-0.2, -0.15) is 0 Å². The van der Waals surface area contributed by atoms with Crippen molar-refractivity contribution in [2.45, 2.75) is 40.2 Å². The number of carbonyl (C=O) groups excluding carboxylic acids is 1. The Bertz CT molecular complexity index is 203. The standard InChI is InChI=1S/C12H26N2O2/c1-6-14-12(4,5)11(15)13-7-8-16-9-10(2)3/h10,14H,6-9H2,1-5H3,(H,13,15). The Morgan fingerprint density at radius 1 is 1.38 bits per heavy atom. The van der Waals surface area contributed by atoms with E-state index in [1.165, 1.54) is 0 Å². The molecule has 0 saturated heterocycles.